The third-order valence-corrected chi connectivity index (χ3v) is 5.97. The molecule has 5 rings (SSSR count). The summed E-state index contributed by atoms with van der Waals surface area (Å²) in [6, 6.07) is 12.8. The third kappa shape index (κ3) is 2.11. The highest BCUT2D eigenvalue weighted by Crippen LogP contribution is 2.43. The molecule has 0 atom stereocenters. The zero-order valence-electron chi connectivity index (χ0n) is 12.8. The van der Waals surface area contributed by atoms with Crippen molar-refractivity contribution in [3.63, 3.8) is 0 Å². The molecule has 1 aromatic heterocycles. The van der Waals surface area contributed by atoms with Gasteiger partial charge in [-0.15, -0.1) is 11.3 Å². The fraction of sp³-hybridized carbons (Fsp3) is 0.250. The van der Waals surface area contributed by atoms with Gasteiger partial charge in [0.15, 0.2) is 0 Å². The number of hydrogen-bond donors (Lipinski definition) is 1. The zero-order chi connectivity index (χ0) is 15.4. The number of rotatable bonds is 3. The predicted molar refractivity (Wildman–Crippen MR) is 95.6 cm³/mol. The molecule has 2 aliphatic carbocycles. The molecular formula is C20H17NOS. The van der Waals surface area contributed by atoms with Gasteiger partial charge >= 0.3 is 0 Å². The summed E-state index contributed by atoms with van der Waals surface area (Å²) in [6.07, 6.45) is 4.66. The van der Waals surface area contributed by atoms with E-state index in [4.69, 9.17) is 0 Å². The SMILES string of the molecule is O=C(Nc1ccc2c3c(cccc13)CC2)c1sccc1C1CC1. The molecule has 1 saturated carbocycles. The number of carbonyl (C=O) groups is 1. The Labute approximate surface area is 139 Å². The van der Waals surface area contributed by atoms with Crippen LogP contribution < -0.4 is 5.32 Å². The van der Waals surface area contributed by atoms with Gasteiger partial charge in [0.2, 0.25) is 0 Å². The summed E-state index contributed by atoms with van der Waals surface area (Å²) in [5.41, 5.74) is 4.98. The number of thiophene rings is 1. The van der Waals surface area contributed by atoms with Crippen molar-refractivity contribution in [2.24, 2.45) is 0 Å². The van der Waals surface area contributed by atoms with Crippen LogP contribution in [0.15, 0.2) is 41.8 Å². The largest absolute Gasteiger partial charge is 0.321 e. The fourth-order valence-electron chi connectivity index (χ4n) is 3.75. The summed E-state index contributed by atoms with van der Waals surface area (Å²) in [7, 11) is 0. The summed E-state index contributed by atoms with van der Waals surface area (Å²) in [5.74, 6) is 0.649. The van der Waals surface area contributed by atoms with E-state index in [0.29, 0.717) is 5.92 Å². The quantitative estimate of drug-likeness (QED) is 0.712. The number of hydrogen-bond acceptors (Lipinski definition) is 2. The van der Waals surface area contributed by atoms with E-state index in [1.54, 1.807) is 11.3 Å². The average Bonchev–Trinajstić information content (AvgIpc) is 3.14. The summed E-state index contributed by atoms with van der Waals surface area (Å²) >= 11 is 1.56. The predicted octanol–water partition coefficient (Wildman–Crippen LogP) is 5.13. The highest BCUT2D eigenvalue weighted by molar-refractivity contribution is 7.12. The van der Waals surface area contributed by atoms with Crippen molar-refractivity contribution in [2.75, 3.05) is 5.32 Å². The van der Waals surface area contributed by atoms with Gasteiger partial charge < -0.3 is 5.32 Å². The second kappa shape index (κ2) is 4.93. The van der Waals surface area contributed by atoms with Crippen molar-refractivity contribution >= 4 is 33.7 Å². The minimum Gasteiger partial charge on any atom is -0.321 e. The first kappa shape index (κ1) is 13.3. The molecule has 2 aliphatic rings. The molecule has 114 valence electrons. The van der Waals surface area contributed by atoms with Crippen LogP contribution in [0.4, 0.5) is 5.69 Å². The Morgan fingerprint density at radius 2 is 1.87 bits per heavy atom. The van der Waals surface area contributed by atoms with Crippen LogP contribution in [0.5, 0.6) is 0 Å². The third-order valence-electron chi connectivity index (χ3n) is 5.04. The lowest BCUT2D eigenvalue weighted by atomic mass is 10.0. The maximum Gasteiger partial charge on any atom is 0.266 e. The molecule has 3 heteroatoms. The Morgan fingerprint density at radius 1 is 1.04 bits per heavy atom. The number of benzene rings is 2. The van der Waals surface area contributed by atoms with E-state index in [0.717, 1.165) is 23.4 Å². The molecule has 0 spiro atoms. The van der Waals surface area contributed by atoms with Crippen LogP contribution in [0.3, 0.4) is 0 Å². The molecule has 2 nitrogen and oxygen atoms in total. The minimum absolute atomic E-state index is 0.0422. The van der Waals surface area contributed by atoms with Crippen molar-refractivity contribution in [1.82, 2.24) is 0 Å². The van der Waals surface area contributed by atoms with Gasteiger partial charge in [0.1, 0.15) is 0 Å². The van der Waals surface area contributed by atoms with Gasteiger partial charge in [0, 0.05) is 11.1 Å². The molecule has 3 aromatic rings. The van der Waals surface area contributed by atoms with Crippen LogP contribution in [-0.2, 0) is 12.8 Å². The Balaban J connectivity index is 1.54. The first-order valence-electron chi connectivity index (χ1n) is 8.23. The van der Waals surface area contributed by atoms with Crippen molar-refractivity contribution < 1.29 is 4.79 Å². The lowest BCUT2D eigenvalue weighted by molar-refractivity contribution is 0.103. The molecule has 1 N–H and O–H groups in total. The molecule has 1 heterocycles. The van der Waals surface area contributed by atoms with E-state index < -0.39 is 0 Å². The van der Waals surface area contributed by atoms with E-state index in [9.17, 15) is 4.79 Å². The normalized spacial score (nSPS) is 16.0. The van der Waals surface area contributed by atoms with Gasteiger partial charge in [-0.25, -0.2) is 0 Å². The standard InChI is InChI=1S/C20H17NOS/c22-20(19-15(10-11-23-19)12-4-5-12)21-17-9-8-14-7-6-13-2-1-3-16(17)18(13)14/h1-3,8-12H,4-7H2,(H,21,22). The number of anilines is 1. The first-order valence-corrected chi connectivity index (χ1v) is 9.11. The van der Waals surface area contributed by atoms with Gasteiger partial charge in [0.05, 0.1) is 4.88 Å². The summed E-state index contributed by atoms with van der Waals surface area (Å²) in [4.78, 5) is 13.6. The lowest BCUT2D eigenvalue weighted by Gasteiger charge is -2.11. The number of amides is 1. The summed E-state index contributed by atoms with van der Waals surface area (Å²) < 4.78 is 0. The van der Waals surface area contributed by atoms with Crippen LogP contribution in [0, 0.1) is 0 Å². The smallest absolute Gasteiger partial charge is 0.266 e. The Hall–Kier alpha value is -2.13. The number of nitrogens with one attached hydrogen (secondary N) is 1. The molecule has 1 fully saturated rings. The number of carbonyl (C=O) groups excluding carboxylic acids is 1. The highest BCUT2D eigenvalue weighted by atomic mass is 32.1. The molecule has 0 bridgehead atoms. The average molecular weight is 319 g/mol. The molecule has 2 aromatic carbocycles. The van der Waals surface area contributed by atoms with Gasteiger partial charge in [-0.2, -0.15) is 0 Å². The maximum absolute atomic E-state index is 12.8. The molecule has 0 unspecified atom stereocenters. The fourth-order valence-corrected chi connectivity index (χ4v) is 4.63. The van der Waals surface area contributed by atoms with Crippen LogP contribution in [-0.4, -0.2) is 5.91 Å². The Bertz CT molecular complexity index is 926. The van der Waals surface area contributed by atoms with E-state index >= 15 is 0 Å². The lowest BCUT2D eigenvalue weighted by Crippen LogP contribution is -2.12. The molecule has 0 radical (unpaired) electrons. The Morgan fingerprint density at radius 3 is 2.70 bits per heavy atom. The monoisotopic (exact) mass is 319 g/mol. The van der Waals surface area contributed by atoms with E-state index in [-0.39, 0.29) is 5.91 Å². The van der Waals surface area contributed by atoms with Gasteiger partial charge in [-0.3, -0.25) is 4.79 Å². The zero-order valence-corrected chi connectivity index (χ0v) is 13.6. The molecule has 23 heavy (non-hydrogen) atoms. The van der Waals surface area contributed by atoms with Crippen LogP contribution >= 0.6 is 11.3 Å². The van der Waals surface area contributed by atoms with Crippen LogP contribution in [0.25, 0.3) is 10.8 Å². The van der Waals surface area contributed by atoms with Crippen molar-refractivity contribution in [2.45, 2.75) is 31.6 Å². The topological polar surface area (TPSA) is 29.1 Å². The van der Waals surface area contributed by atoms with Gasteiger partial charge in [-0.05, 0) is 71.2 Å². The molecule has 0 saturated heterocycles. The van der Waals surface area contributed by atoms with Crippen LogP contribution in [0.2, 0.25) is 0 Å². The highest BCUT2D eigenvalue weighted by Gasteiger charge is 2.29. The van der Waals surface area contributed by atoms with Crippen LogP contribution in [0.1, 0.15) is 45.1 Å². The van der Waals surface area contributed by atoms with E-state index in [2.05, 4.69) is 41.7 Å². The minimum atomic E-state index is 0.0422. The summed E-state index contributed by atoms with van der Waals surface area (Å²) in [5, 5.41) is 7.72. The van der Waals surface area contributed by atoms with Crippen molar-refractivity contribution in [1.29, 1.82) is 0 Å². The molecular weight excluding hydrogens is 302 g/mol. The summed E-state index contributed by atoms with van der Waals surface area (Å²) in [6.45, 7) is 0. The second-order valence-electron chi connectivity index (χ2n) is 6.55. The van der Waals surface area contributed by atoms with Crippen molar-refractivity contribution in [3.8, 4) is 0 Å². The molecule has 1 amide bonds. The maximum atomic E-state index is 12.8. The van der Waals surface area contributed by atoms with Crippen molar-refractivity contribution in [3.05, 3.63) is 63.3 Å². The van der Waals surface area contributed by atoms with E-state index in [1.807, 2.05) is 5.38 Å². The van der Waals surface area contributed by atoms with E-state index in [1.165, 1.54) is 40.3 Å². The Kier molecular flexibility index (Phi) is 2.86. The first-order chi connectivity index (χ1) is 11.3. The van der Waals surface area contributed by atoms with Gasteiger partial charge in [-0.1, -0.05) is 24.3 Å². The second-order valence-corrected chi connectivity index (χ2v) is 7.46. The number of aryl methyl sites for hydroxylation is 2. The molecule has 0 aliphatic heterocycles. The van der Waals surface area contributed by atoms with Gasteiger partial charge in [0.25, 0.3) is 5.91 Å².